The van der Waals surface area contributed by atoms with Crippen LogP contribution in [0.4, 0.5) is 9.80 Å². The monoisotopic (exact) mass is 382 g/mol. The maximum Gasteiger partial charge on any atom is 0.338 e. The Morgan fingerprint density at radius 2 is 1.88 bits per heavy atom. The molecule has 144 valence electrons. The molecule has 1 fully saturated rings. The van der Waals surface area contributed by atoms with Gasteiger partial charge in [0.25, 0.3) is 0 Å². The Bertz CT molecular complexity index is 714. The highest BCUT2D eigenvalue weighted by atomic mass is 32.1. The Morgan fingerprint density at radius 1 is 1.27 bits per heavy atom. The van der Waals surface area contributed by atoms with Gasteiger partial charge < -0.3 is 15.2 Å². The molecule has 0 spiro atoms. The number of ether oxygens (including phenoxy) is 1. The van der Waals surface area contributed by atoms with Gasteiger partial charge in [-0.1, -0.05) is 6.92 Å². The quantitative estimate of drug-likeness (QED) is 0.676. The third-order valence-electron chi connectivity index (χ3n) is 4.22. The van der Waals surface area contributed by atoms with Gasteiger partial charge >= 0.3 is 18.0 Å². The van der Waals surface area contributed by atoms with Gasteiger partial charge in [0, 0.05) is 10.9 Å². The first-order chi connectivity index (χ1) is 12.0. The van der Waals surface area contributed by atoms with Gasteiger partial charge in [0.15, 0.2) is 0 Å². The predicted octanol–water partition coefficient (Wildman–Crippen LogP) is 3.56. The summed E-state index contributed by atoms with van der Waals surface area (Å²) in [7, 11) is 0. The topological polar surface area (TPSA) is 105 Å². The maximum absolute atomic E-state index is 12.2. The van der Waals surface area contributed by atoms with E-state index in [9.17, 15) is 19.5 Å². The summed E-state index contributed by atoms with van der Waals surface area (Å²) >= 11 is 1.28. The Hall–Kier alpha value is -2.09. The van der Waals surface area contributed by atoms with Crippen LogP contribution in [0.1, 0.15) is 61.3 Å². The van der Waals surface area contributed by atoms with Gasteiger partial charge in [0.05, 0.1) is 11.5 Å². The summed E-state index contributed by atoms with van der Waals surface area (Å²) < 4.78 is 5.33. The summed E-state index contributed by atoms with van der Waals surface area (Å²) in [5.74, 6) is -1.50. The van der Waals surface area contributed by atoms with Gasteiger partial charge in [-0.3, -0.25) is 10.1 Å². The molecule has 2 rings (SSSR count). The Labute approximate surface area is 157 Å². The van der Waals surface area contributed by atoms with E-state index in [2.05, 4.69) is 10.6 Å². The lowest BCUT2D eigenvalue weighted by Gasteiger charge is -2.35. The molecule has 2 amide bonds. The van der Waals surface area contributed by atoms with Gasteiger partial charge in [-0.05, 0) is 52.5 Å². The highest BCUT2D eigenvalue weighted by Crippen LogP contribution is 2.34. The van der Waals surface area contributed by atoms with E-state index < -0.39 is 17.6 Å². The number of aromatic carboxylic acids is 1. The first-order valence-corrected chi connectivity index (χ1v) is 9.49. The molecular weight excluding hydrogens is 356 g/mol. The molecule has 1 aliphatic rings. The second-order valence-electron chi connectivity index (χ2n) is 7.51. The molecule has 1 aromatic heterocycles. The van der Waals surface area contributed by atoms with E-state index in [0.29, 0.717) is 29.8 Å². The normalized spacial score (nSPS) is 19.4. The summed E-state index contributed by atoms with van der Waals surface area (Å²) in [5, 5.41) is 15.1. The molecule has 0 bridgehead atoms. The molecular formula is C18H26N2O5S. The number of nitrogens with one attached hydrogen (secondary N) is 2. The van der Waals surface area contributed by atoms with Crippen molar-refractivity contribution >= 4 is 34.3 Å². The number of anilines is 1. The largest absolute Gasteiger partial charge is 0.478 e. The van der Waals surface area contributed by atoms with Crippen LogP contribution in [0.2, 0.25) is 0 Å². The van der Waals surface area contributed by atoms with Crippen LogP contribution in [-0.2, 0) is 16.0 Å². The summed E-state index contributed by atoms with van der Waals surface area (Å²) in [5.41, 5.74) is 0.310. The molecule has 1 heterocycles. The predicted molar refractivity (Wildman–Crippen MR) is 99.9 cm³/mol. The molecule has 0 atom stereocenters. The van der Waals surface area contributed by atoms with Crippen LogP contribution in [0, 0.1) is 12.8 Å². The van der Waals surface area contributed by atoms with Crippen molar-refractivity contribution in [1.29, 1.82) is 0 Å². The molecule has 0 radical (unpaired) electrons. The second kappa shape index (κ2) is 7.65. The Morgan fingerprint density at radius 3 is 2.38 bits per heavy atom. The average Bonchev–Trinajstić information content (AvgIpc) is 2.76. The van der Waals surface area contributed by atoms with Crippen molar-refractivity contribution in [3.8, 4) is 0 Å². The van der Waals surface area contributed by atoms with Crippen LogP contribution >= 0.6 is 11.3 Å². The fourth-order valence-corrected chi connectivity index (χ4v) is 4.01. The van der Waals surface area contributed by atoms with Crippen molar-refractivity contribution in [1.82, 2.24) is 5.32 Å². The van der Waals surface area contributed by atoms with Crippen LogP contribution in [0.15, 0.2) is 0 Å². The van der Waals surface area contributed by atoms with Crippen molar-refractivity contribution < 1.29 is 24.2 Å². The fraction of sp³-hybridized carbons (Fsp3) is 0.611. The molecule has 0 saturated heterocycles. The highest BCUT2D eigenvalue weighted by molar-refractivity contribution is 7.16. The minimum atomic E-state index is -1.05. The zero-order valence-corrected chi connectivity index (χ0v) is 16.6. The van der Waals surface area contributed by atoms with E-state index in [0.717, 1.165) is 4.88 Å². The summed E-state index contributed by atoms with van der Waals surface area (Å²) in [6.07, 6.45) is 1.76. The zero-order chi connectivity index (χ0) is 19.6. The van der Waals surface area contributed by atoms with Crippen LogP contribution in [0.25, 0.3) is 0 Å². The Kier molecular flexibility index (Phi) is 5.95. The van der Waals surface area contributed by atoms with Gasteiger partial charge in [-0.25, -0.2) is 9.59 Å². The molecule has 8 heteroatoms. The molecule has 3 N–H and O–H groups in total. The summed E-state index contributed by atoms with van der Waals surface area (Å²) in [4.78, 5) is 36.5. The molecule has 0 unspecified atom stereocenters. The zero-order valence-electron chi connectivity index (χ0n) is 15.8. The number of carboxylic acid groups (broad SMARTS) is 1. The van der Waals surface area contributed by atoms with Gasteiger partial charge in [-0.2, -0.15) is 0 Å². The number of rotatable bonds is 5. The van der Waals surface area contributed by atoms with E-state index in [1.165, 1.54) is 11.3 Å². The number of carbonyl (C=O) groups excluding carboxylic acids is 2. The van der Waals surface area contributed by atoms with E-state index in [4.69, 9.17) is 4.74 Å². The molecule has 26 heavy (non-hydrogen) atoms. The number of carbonyl (C=O) groups is 3. The number of amides is 2. The van der Waals surface area contributed by atoms with Gasteiger partial charge in [0.1, 0.15) is 10.6 Å². The van der Waals surface area contributed by atoms with Crippen molar-refractivity contribution in [2.24, 2.45) is 5.92 Å². The number of hydrogen-bond acceptors (Lipinski definition) is 5. The first kappa shape index (κ1) is 20.2. The molecule has 0 aromatic carbocycles. The molecule has 0 aliphatic heterocycles. The number of carboxylic acids is 1. The standard InChI is InChI=1S/C18H26N2O5S/c1-6-12-9(2)13(15(21)22)14(26-12)20-17(24)19-11-7-10(8-11)16(23)25-18(3,4)5/h10-11H,6-8H2,1-5H3,(H,21,22)(H2,19,20,24). The van der Waals surface area contributed by atoms with Crippen molar-refractivity contribution in [2.45, 2.75) is 65.5 Å². The highest BCUT2D eigenvalue weighted by Gasteiger charge is 2.38. The van der Waals surface area contributed by atoms with E-state index in [1.807, 2.05) is 27.7 Å². The van der Waals surface area contributed by atoms with Crippen molar-refractivity contribution in [3.05, 3.63) is 16.0 Å². The molecule has 7 nitrogen and oxygen atoms in total. The van der Waals surface area contributed by atoms with Crippen molar-refractivity contribution in [3.63, 3.8) is 0 Å². The van der Waals surface area contributed by atoms with Crippen LogP contribution in [-0.4, -0.2) is 34.7 Å². The van der Waals surface area contributed by atoms with E-state index in [-0.39, 0.29) is 23.5 Å². The number of urea groups is 1. The second-order valence-corrected chi connectivity index (χ2v) is 8.62. The van der Waals surface area contributed by atoms with Gasteiger partial charge in [0.2, 0.25) is 0 Å². The summed E-state index contributed by atoms with van der Waals surface area (Å²) in [6, 6.07) is -0.573. The minimum absolute atomic E-state index is 0.118. The van der Waals surface area contributed by atoms with Crippen LogP contribution in [0.3, 0.4) is 0 Å². The first-order valence-electron chi connectivity index (χ1n) is 8.67. The smallest absolute Gasteiger partial charge is 0.338 e. The maximum atomic E-state index is 12.2. The number of hydrogen-bond donors (Lipinski definition) is 3. The van der Waals surface area contributed by atoms with E-state index in [1.54, 1.807) is 6.92 Å². The van der Waals surface area contributed by atoms with Crippen LogP contribution in [0.5, 0.6) is 0 Å². The average molecular weight is 382 g/mol. The molecule has 1 aromatic rings. The SMILES string of the molecule is CCc1sc(NC(=O)NC2CC(C(=O)OC(C)(C)C)C2)c(C(=O)O)c1C. The Balaban J connectivity index is 1.90. The number of thiophene rings is 1. The van der Waals surface area contributed by atoms with Gasteiger partial charge in [-0.15, -0.1) is 11.3 Å². The van der Waals surface area contributed by atoms with Crippen LogP contribution < -0.4 is 10.6 Å². The molecule has 1 saturated carbocycles. The molecule has 1 aliphatic carbocycles. The number of esters is 1. The fourth-order valence-electron chi connectivity index (χ4n) is 2.88. The van der Waals surface area contributed by atoms with Crippen molar-refractivity contribution in [2.75, 3.05) is 5.32 Å². The lowest BCUT2D eigenvalue weighted by Crippen LogP contribution is -2.49. The summed E-state index contributed by atoms with van der Waals surface area (Å²) in [6.45, 7) is 9.15. The minimum Gasteiger partial charge on any atom is -0.478 e. The number of aryl methyl sites for hydroxylation is 1. The van der Waals surface area contributed by atoms with E-state index >= 15 is 0 Å². The lowest BCUT2D eigenvalue weighted by atomic mass is 9.80. The third kappa shape index (κ3) is 4.75. The lowest BCUT2D eigenvalue weighted by molar-refractivity contribution is -0.163. The third-order valence-corrected chi connectivity index (χ3v) is 5.57.